The predicted octanol–water partition coefficient (Wildman–Crippen LogP) is 5.28. The average molecular weight is 330 g/mol. The molecule has 0 aromatic heterocycles. The number of anilines is 1. The molecule has 0 unspecified atom stereocenters. The Morgan fingerprint density at radius 1 is 1.21 bits per heavy atom. The van der Waals surface area contributed by atoms with Gasteiger partial charge < -0.3 is 5.32 Å². The van der Waals surface area contributed by atoms with E-state index in [1.54, 1.807) is 12.1 Å². The second kappa shape index (κ2) is 9.08. The summed E-state index contributed by atoms with van der Waals surface area (Å²) in [7, 11) is 0. The highest BCUT2D eigenvalue weighted by atomic mass is 79.9. The van der Waals surface area contributed by atoms with Crippen LogP contribution in [0.2, 0.25) is 0 Å². The van der Waals surface area contributed by atoms with Crippen molar-refractivity contribution in [3.63, 3.8) is 0 Å². The molecule has 0 radical (unpaired) electrons. The maximum Gasteiger partial charge on any atom is 0.224 e. The number of nitrogens with one attached hydrogen (secondary N) is 1. The predicted molar refractivity (Wildman–Crippen MR) is 80.7 cm³/mol. The molecule has 0 fully saturated rings. The molecule has 2 nitrogen and oxygen atoms in total. The lowest BCUT2D eigenvalue weighted by Gasteiger charge is -2.06. The van der Waals surface area contributed by atoms with E-state index in [4.69, 9.17) is 0 Å². The van der Waals surface area contributed by atoms with Crippen LogP contribution in [0.5, 0.6) is 0 Å². The van der Waals surface area contributed by atoms with Gasteiger partial charge in [-0.15, -0.1) is 0 Å². The first kappa shape index (κ1) is 16.2. The van der Waals surface area contributed by atoms with E-state index in [1.807, 2.05) is 0 Å². The molecule has 1 aromatic carbocycles. The summed E-state index contributed by atoms with van der Waals surface area (Å²) in [5, 5.41) is 2.60. The van der Waals surface area contributed by atoms with Crippen molar-refractivity contribution in [2.45, 2.75) is 51.9 Å². The second-order valence-electron chi connectivity index (χ2n) is 4.69. The second-order valence-corrected chi connectivity index (χ2v) is 5.61. The molecule has 106 valence electrons. The normalized spacial score (nSPS) is 10.5. The zero-order valence-corrected chi connectivity index (χ0v) is 12.9. The number of carbonyl (C=O) groups is 1. The molecule has 1 aromatic rings. The zero-order valence-electron chi connectivity index (χ0n) is 11.3. The van der Waals surface area contributed by atoms with Crippen molar-refractivity contribution >= 4 is 27.5 Å². The van der Waals surface area contributed by atoms with Gasteiger partial charge in [-0.25, -0.2) is 4.39 Å². The van der Waals surface area contributed by atoms with Gasteiger partial charge in [-0.05, 0) is 24.6 Å². The first-order chi connectivity index (χ1) is 9.13. The first-order valence-electron chi connectivity index (χ1n) is 6.88. The van der Waals surface area contributed by atoms with Crippen LogP contribution in [-0.2, 0) is 4.79 Å². The highest BCUT2D eigenvalue weighted by Crippen LogP contribution is 2.19. The van der Waals surface area contributed by atoms with Crippen LogP contribution in [0, 0.1) is 5.82 Å². The van der Waals surface area contributed by atoms with Gasteiger partial charge in [0.05, 0.1) is 5.69 Å². The van der Waals surface area contributed by atoms with Gasteiger partial charge in [0.1, 0.15) is 5.82 Å². The molecular formula is C15H21BrFNO. The molecule has 0 aliphatic carbocycles. The van der Waals surface area contributed by atoms with Crippen LogP contribution in [0.3, 0.4) is 0 Å². The van der Waals surface area contributed by atoms with E-state index in [0.717, 1.165) is 12.8 Å². The molecule has 0 heterocycles. The van der Waals surface area contributed by atoms with Crippen LogP contribution < -0.4 is 5.32 Å². The van der Waals surface area contributed by atoms with Crippen molar-refractivity contribution in [3.05, 3.63) is 28.5 Å². The van der Waals surface area contributed by atoms with Crippen LogP contribution in [0.4, 0.5) is 10.1 Å². The number of carbonyl (C=O) groups excluding carboxylic acids is 1. The summed E-state index contributed by atoms with van der Waals surface area (Å²) in [6.07, 6.45) is 7.29. The van der Waals surface area contributed by atoms with E-state index < -0.39 is 5.82 Å². The van der Waals surface area contributed by atoms with E-state index in [9.17, 15) is 9.18 Å². The molecule has 0 bridgehead atoms. The summed E-state index contributed by atoms with van der Waals surface area (Å²) in [4.78, 5) is 11.6. The van der Waals surface area contributed by atoms with Crippen LogP contribution >= 0.6 is 15.9 Å². The summed E-state index contributed by atoms with van der Waals surface area (Å²) in [6.45, 7) is 2.18. The van der Waals surface area contributed by atoms with Crippen molar-refractivity contribution in [1.82, 2.24) is 0 Å². The number of rotatable bonds is 8. The third-order valence-corrected chi connectivity index (χ3v) is 3.46. The number of halogens is 2. The SMILES string of the molecule is CCCCCCCCC(=O)Nc1ccc(Br)cc1F. The molecular weight excluding hydrogens is 309 g/mol. The zero-order chi connectivity index (χ0) is 14.1. The first-order valence-corrected chi connectivity index (χ1v) is 7.67. The highest BCUT2D eigenvalue weighted by Gasteiger charge is 2.07. The lowest BCUT2D eigenvalue weighted by molar-refractivity contribution is -0.116. The summed E-state index contributed by atoms with van der Waals surface area (Å²) >= 11 is 3.18. The Kier molecular flexibility index (Phi) is 7.72. The van der Waals surface area contributed by atoms with Crippen molar-refractivity contribution in [3.8, 4) is 0 Å². The smallest absolute Gasteiger partial charge is 0.224 e. The Bertz CT molecular complexity index is 409. The molecule has 1 amide bonds. The maximum absolute atomic E-state index is 13.5. The van der Waals surface area contributed by atoms with Crippen molar-refractivity contribution in [1.29, 1.82) is 0 Å². The minimum atomic E-state index is -0.411. The van der Waals surface area contributed by atoms with Gasteiger partial charge in [-0.3, -0.25) is 4.79 Å². The molecule has 0 spiro atoms. The molecule has 19 heavy (non-hydrogen) atoms. The van der Waals surface area contributed by atoms with Gasteiger partial charge in [0, 0.05) is 10.9 Å². The van der Waals surface area contributed by atoms with Gasteiger partial charge in [-0.1, -0.05) is 55.0 Å². The maximum atomic E-state index is 13.5. The summed E-state index contributed by atoms with van der Waals surface area (Å²) < 4.78 is 14.2. The lowest BCUT2D eigenvalue weighted by Crippen LogP contribution is -2.12. The van der Waals surface area contributed by atoms with Gasteiger partial charge in [0.25, 0.3) is 0 Å². The van der Waals surface area contributed by atoms with E-state index in [1.165, 1.54) is 31.7 Å². The average Bonchev–Trinajstić information content (AvgIpc) is 2.37. The number of unbranched alkanes of at least 4 members (excludes halogenated alkanes) is 5. The van der Waals surface area contributed by atoms with Crippen molar-refractivity contribution < 1.29 is 9.18 Å². The van der Waals surface area contributed by atoms with E-state index in [0.29, 0.717) is 10.9 Å². The summed E-state index contributed by atoms with van der Waals surface area (Å²) in [6, 6.07) is 4.63. The molecule has 0 saturated carbocycles. The number of amides is 1. The van der Waals surface area contributed by atoms with Crippen molar-refractivity contribution in [2.24, 2.45) is 0 Å². The van der Waals surface area contributed by atoms with Crippen molar-refractivity contribution in [2.75, 3.05) is 5.32 Å². The van der Waals surface area contributed by atoms with Crippen LogP contribution in [-0.4, -0.2) is 5.91 Å². The standard InChI is InChI=1S/C15H21BrFNO/c1-2-3-4-5-6-7-8-15(19)18-14-10-9-12(16)11-13(14)17/h9-11H,2-8H2,1H3,(H,18,19). The Morgan fingerprint density at radius 2 is 1.89 bits per heavy atom. The third-order valence-electron chi connectivity index (χ3n) is 2.96. The summed E-state index contributed by atoms with van der Waals surface area (Å²) in [5.74, 6) is -0.526. The molecule has 4 heteroatoms. The summed E-state index contributed by atoms with van der Waals surface area (Å²) in [5.41, 5.74) is 0.249. The number of hydrogen-bond donors (Lipinski definition) is 1. The Hall–Kier alpha value is -0.900. The quantitative estimate of drug-likeness (QED) is 0.646. The molecule has 1 rings (SSSR count). The van der Waals surface area contributed by atoms with Crippen LogP contribution in [0.25, 0.3) is 0 Å². The number of benzene rings is 1. The number of hydrogen-bond acceptors (Lipinski definition) is 1. The van der Waals surface area contributed by atoms with E-state index in [2.05, 4.69) is 28.2 Å². The van der Waals surface area contributed by atoms with Crippen LogP contribution in [0.1, 0.15) is 51.9 Å². The fourth-order valence-corrected chi connectivity index (χ4v) is 2.20. The topological polar surface area (TPSA) is 29.1 Å². The lowest BCUT2D eigenvalue weighted by atomic mass is 10.1. The van der Waals surface area contributed by atoms with Crippen LogP contribution in [0.15, 0.2) is 22.7 Å². The van der Waals surface area contributed by atoms with Gasteiger partial charge in [0.15, 0.2) is 0 Å². The minimum Gasteiger partial charge on any atom is -0.324 e. The third kappa shape index (κ3) is 6.71. The van der Waals surface area contributed by atoms with Gasteiger partial charge in [-0.2, -0.15) is 0 Å². The monoisotopic (exact) mass is 329 g/mol. The van der Waals surface area contributed by atoms with Gasteiger partial charge >= 0.3 is 0 Å². The molecule has 0 atom stereocenters. The fraction of sp³-hybridized carbons (Fsp3) is 0.533. The largest absolute Gasteiger partial charge is 0.324 e. The van der Waals surface area contributed by atoms with E-state index >= 15 is 0 Å². The Balaban J connectivity index is 2.23. The molecule has 0 saturated heterocycles. The molecule has 0 aliphatic rings. The highest BCUT2D eigenvalue weighted by molar-refractivity contribution is 9.10. The minimum absolute atomic E-state index is 0.114. The van der Waals surface area contributed by atoms with Gasteiger partial charge in [0.2, 0.25) is 5.91 Å². The Labute approximate surface area is 122 Å². The molecule has 0 aliphatic heterocycles. The Morgan fingerprint density at radius 3 is 2.58 bits per heavy atom. The fourth-order valence-electron chi connectivity index (χ4n) is 1.87. The van der Waals surface area contributed by atoms with E-state index in [-0.39, 0.29) is 11.6 Å². The molecule has 1 N–H and O–H groups in total.